The lowest BCUT2D eigenvalue weighted by molar-refractivity contribution is -0.124. The fourth-order valence-corrected chi connectivity index (χ4v) is 5.02. The fourth-order valence-electron chi connectivity index (χ4n) is 5.02. The molecule has 2 aliphatic rings. The minimum absolute atomic E-state index is 0.121. The maximum atomic E-state index is 12.9. The van der Waals surface area contributed by atoms with Crippen molar-refractivity contribution < 1.29 is 14.1 Å². The maximum Gasteiger partial charge on any atom is 0.253 e. The molecule has 2 saturated heterocycles. The van der Waals surface area contributed by atoms with Crippen molar-refractivity contribution >= 4 is 5.91 Å². The first kappa shape index (κ1) is 20.9. The summed E-state index contributed by atoms with van der Waals surface area (Å²) in [7, 11) is 0. The highest BCUT2D eigenvalue weighted by atomic mass is 16.5. The molecule has 6 nitrogen and oxygen atoms in total. The zero-order valence-electron chi connectivity index (χ0n) is 18.5. The number of piperidine rings is 1. The van der Waals surface area contributed by atoms with E-state index in [0.717, 1.165) is 68.5 Å². The Morgan fingerprint density at radius 2 is 1.94 bits per heavy atom. The molecule has 1 spiro atoms. The topological polar surface area (TPSA) is 68.5 Å². The Kier molecular flexibility index (Phi) is 5.79. The third kappa shape index (κ3) is 4.46. The fraction of sp³-hybridized carbons (Fsp3) is 0.423. The first-order valence-electron chi connectivity index (χ1n) is 11.5. The van der Waals surface area contributed by atoms with E-state index in [2.05, 4.69) is 10.1 Å². The minimum atomic E-state index is -0.144. The van der Waals surface area contributed by atoms with E-state index in [1.54, 1.807) is 0 Å². The molecule has 0 radical (unpaired) electrons. The van der Waals surface area contributed by atoms with Crippen LogP contribution in [-0.2, 0) is 11.2 Å². The average molecular weight is 432 g/mol. The Morgan fingerprint density at radius 3 is 2.72 bits per heavy atom. The van der Waals surface area contributed by atoms with Crippen LogP contribution in [-0.4, -0.2) is 46.2 Å². The second kappa shape index (κ2) is 8.87. The smallest absolute Gasteiger partial charge is 0.253 e. The highest BCUT2D eigenvalue weighted by Gasteiger charge is 2.41. The number of rotatable bonds is 4. The Bertz CT molecular complexity index is 1070. The van der Waals surface area contributed by atoms with Crippen LogP contribution in [0.15, 0.2) is 59.1 Å². The molecule has 1 amide bonds. The van der Waals surface area contributed by atoms with Gasteiger partial charge < -0.3 is 14.2 Å². The molecule has 3 heterocycles. The van der Waals surface area contributed by atoms with Crippen molar-refractivity contribution in [1.82, 2.24) is 15.0 Å². The number of aromatic nitrogens is 2. The summed E-state index contributed by atoms with van der Waals surface area (Å²) in [5, 5.41) is 4.16. The van der Waals surface area contributed by atoms with Crippen molar-refractivity contribution in [2.45, 2.75) is 44.6 Å². The predicted octanol–water partition coefficient (Wildman–Crippen LogP) is 4.69. The SMILES string of the molecule is Cc1cccc(C(=O)N2CCC3(CC2)CC(Cc2nc(-c4ccccc4)no2)CCO3)c1. The highest BCUT2D eigenvalue weighted by Crippen LogP contribution is 2.39. The number of benzene rings is 2. The van der Waals surface area contributed by atoms with Gasteiger partial charge in [0.25, 0.3) is 5.91 Å². The van der Waals surface area contributed by atoms with Crippen LogP contribution in [0.2, 0.25) is 0 Å². The van der Waals surface area contributed by atoms with Crippen molar-refractivity contribution in [3.05, 3.63) is 71.6 Å². The monoisotopic (exact) mass is 431 g/mol. The van der Waals surface area contributed by atoms with Gasteiger partial charge in [-0.3, -0.25) is 4.79 Å². The number of carbonyl (C=O) groups is 1. The van der Waals surface area contributed by atoms with Gasteiger partial charge in [0.1, 0.15) is 0 Å². The molecule has 1 unspecified atom stereocenters. The highest BCUT2D eigenvalue weighted by molar-refractivity contribution is 5.94. The standard InChI is InChI=1S/C26H29N3O3/c1-19-6-5-9-22(16-19)25(30)29-13-11-26(12-14-29)18-20(10-15-31-26)17-23-27-24(28-32-23)21-7-3-2-4-8-21/h2-9,16,20H,10-15,17-18H2,1H3. The first-order chi connectivity index (χ1) is 15.6. The number of ether oxygens (including phenoxy) is 1. The van der Waals surface area contributed by atoms with Crippen LogP contribution in [0.3, 0.4) is 0 Å². The Labute approximate surface area is 188 Å². The van der Waals surface area contributed by atoms with E-state index < -0.39 is 0 Å². The summed E-state index contributed by atoms with van der Waals surface area (Å²) in [6, 6.07) is 17.7. The summed E-state index contributed by atoms with van der Waals surface area (Å²) < 4.78 is 11.8. The lowest BCUT2D eigenvalue weighted by atomic mass is 9.78. The quantitative estimate of drug-likeness (QED) is 0.599. The average Bonchev–Trinajstić information content (AvgIpc) is 3.28. The number of nitrogens with zero attached hydrogens (tertiary/aromatic N) is 3. The number of likely N-dealkylation sites (tertiary alicyclic amines) is 1. The van der Waals surface area contributed by atoms with Crippen molar-refractivity contribution in [2.75, 3.05) is 19.7 Å². The zero-order chi connectivity index (χ0) is 22.0. The van der Waals surface area contributed by atoms with Gasteiger partial charge >= 0.3 is 0 Å². The van der Waals surface area contributed by atoms with E-state index in [9.17, 15) is 4.79 Å². The molecule has 3 aromatic rings. The second-order valence-electron chi connectivity index (χ2n) is 9.13. The summed E-state index contributed by atoms with van der Waals surface area (Å²) >= 11 is 0. The molecule has 0 N–H and O–H groups in total. The molecular weight excluding hydrogens is 402 g/mol. The molecule has 5 rings (SSSR count). The summed E-state index contributed by atoms with van der Waals surface area (Å²) in [6.45, 7) is 4.23. The zero-order valence-corrected chi connectivity index (χ0v) is 18.5. The summed E-state index contributed by atoms with van der Waals surface area (Å²) in [5.74, 6) is 1.91. The largest absolute Gasteiger partial charge is 0.375 e. The van der Waals surface area contributed by atoms with E-state index in [1.165, 1.54) is 0 Å². The van der Waals surface area contributed by atoms with E-state index in [-0.39, 0.29) is 11.5 Å². The first-order valence-corrected chi connectivity index (χ1v) is 11.5. The number of aryl methyl sites for hydroxylation is 1. The molecule has 2 fully saturated rings. The van der Waals surface area contributed by atoms with Gasteiger partial charge in [-0.25, -0.2) is 0 Å². The van der Waals surface area contributed by atoms with Crippen LogP contribution in [0.4, 0.5) is 0 Å². The number of carbonyl (C=O) groups excluding carboxylic acids is 1. The molecule has 32 heavy (non-hydrogen) atoms. The van der Waals surface area contributed by atoms with Gasteiger partial charge in [0.05, 0.1) is 5.60 Å². The van der Waals surface area contributed by atoms with E-state index in [4.69, 9.17) is 9.26 Å². The molecule has 166 valence electrons. The summed E-state index contributed by atoms with van der Waals surface area (Å²) in [6.07, 6.45) is 4.50. The number of amides is 1. The van der Waals surface area contributed by atoms with Crippen molar-refractivity contribution in [2.24, 2.45) is 5.92 Å². The van der Waals surface area contributed by atoms with E-state index in [1.807, 2.05) is 66.4 Å². The van der Waals surface area contributed by atoms with Crippen molar-refractivity contribution in [3.8, 4) is 11.4 Å². The van der Waals surface area contributed by atoms with Gasteiger partial charge in [-0.2, -0.15) is 4.98 Å². The molecule has 0 aliphatic carbocycles. The molecule has 0 bridgehead atoms. The Morgan fingerprint density at radius 1 is 1.12 bits per heavy atom. The van der Waals surface area contributed by atoms with Crippen LogP contribution < -0.4 is 0 Å². The van der Waals surface area contributed by atoms with Gasteiger partial charge in [-0.1, -0.05) is 53.2 Å². The molecular formula is C26H29N3O3. The third-order valence-corrected chi connectivity index (χ3v) is 6.79. The molecule has 1 aromatic heterocycles. The Balaban J connectivity index is 1.19. The van der Waals surface area contributed by atoms with Crippen molar-refractivity contribution in [3.63, 3.8) is 0 Å². The van der Waals surface area contributed by atoms with Crippen LogP contribution in [0.5, 0.6) is 0 Å². The van der Waals surface area contributed by atoms with E-state index in [0.29, 0.717) is 17.6 Å². The molecule has 1 atom stereocenters. The molecule has 2 aromatic carbocycles. The van der Waals surface area contributed by atoms with Crippen LogP contribution in [0, 0.1) is 12.8 Å². The van der Waals surface area contributed by atoms with Gasteiger partial charge in [0, 0.05) is 37.2 Å². The lowest BCUT2D eigenvalue weighted by Gasteiger charge is -2.46. The normalized spacial score (nSPS) is 20.4. The van der Waals surface area contributed by atoms with Crippen LogP contribution in [0.25, 0.3) is 11.4 Å². The third-order valence-electron chi connectivity index (χ3n) is 6.79. The van der Waals surface area contributed by atoms with Crippen LogP contribution in [0.1, 0.15) is 47.5 Å². The Hall–Kier alpha value is -2.99. The maximum absolute atomic E-state index is 12.9. The number of hydrogen-bond donors (Lipinski definition) is 0. The lowest BCUT2D eigenvalue weighted by Crippen LogP contribution is -2.51. The summed E-state index contributed by atoms with van der Waals surface area (Å²) in [5.41, 5.74) is 2.71. The summed E-state index contributed by atoms with van der Waals surface area (Å²) in [4.78, 5) is 19.5. The molecule has 0 saturated carbocycles. The number of hydrogen-bond acceptors (Lipinski definition) is 5. The van der Waals surface area contributed by atoms with Gasteiger partial charge in [-0.15, -0.1) is 0 Å². The second-order valence-corrected chi connectivity index (χ2v) is 9.13. The van der Waals surface area contributed by atoms with Crippen LogP contribution >= 0.6 is 0 Å². The predicted molar refractivity (Wildman–Crippen MR) is 121 cm³/mol. The van der Waals surface area contributed by atoms with Gasteiger partial charge in [0.15, 0.2) is 0 Å². The van der Waals surface area contributed by atoms with Crippen molar-refractivity contribution in [1.29, 1.82) is 0 Å². The molecule has 6 heteroatoms. The molecule has 2 aliphatic heterocycles. The van der Waals surface area contributed by atoms with Gasteiger partial charge in [-0.05, 0) is 50.7 Å². The van der Waals surface area contributed by atoms with E-state index >= 15 is 0 Å². The van der Waals surface area contributed by atoms with Gasteiger partial charge in [0.2, 0.25) is 11.7 Å². The minimum Gasteiger partial charge on any atom is -0.375 e.